The molecule has 1 aromatic carbocycles. The highest BCUT2D eigenvalue weighted by molar-refractivity contribution is 6.74. The maximum Gasteiger partial charge on any atom is 0.191 e. The normalized spacial score (nSPS) is 12.1. The molecule has 0 aliphatic carbocycles. The number of hydrogen-bond acceptors (Lipinski definition) is 7. The Morgan fingerprint density at radius 2 is 1.63 bits per heavy atom. The minimum atomic E-state index is -1.83. The van der Waals surface area contributed by atoms with Crippen LogP contribution < -0.4 is 14.4 Å². The molecule has 0 amide bonds. The van der Waals surface area contributed by atoms with Crippen LogP contribution in [0.2, 0.25) is 18.1 Å². The molecule has 3 heterocycles. The standard InChI is InChI=1S/C29H39N5O3Si/c1-29(2,3)38(7,8)37-13-9-12-34(23-15-24(35-5)17-25(16-23)36-6)28-11-10-26-27(32-28)14-21(18-30-26)22-19-31-33(4)20-22/h10-11,14-20H,9,12-13H2,1-8H3. The number of aromatic nitrogens is 4. The Balaban J connectivity index is 1.68. The van der Waals surface area contributed by atoms with Gasteiger partial charge in [0.1, 0.15) is 17.3 Å². The molecule has 38 heavy (non-hydrogen) atoms. The highest BCUT2D eigenvalue weighted by atomic mass is 28.4. The number of fused-ring (bicyclic) bond motifs is 1. The molecule has 0 N–H and O–H groups in total. The minimum absolute atomic E-state index is 0.172. The van der Waals surface area contributed by atoms with Crippen LogP contribution in [0.25, 0.3) is 22.2 Å². The molecule has 0 atom stereocenters. The lowest BCUT2D eigenvalue weighted by molar-refractivity contribution is 0.284. The van der Waals surface area contributed by atoms with E-state index in [0.29, 0.717) is 6.61 Å². The first kappa shape index (κ1) is 27.6. The number of aryl methyl sites for hydroxylation is 1. The largest absolute Gasteiger partial charge is 0.497 e. The van der Waals surface area contributed by atoms with Crippen LogP contribution in [0, 0.1) is 0 Å². The third-order valence-corrected chi connectivity index (χ3v) is 11.8. The Kier molecular flexibility index (Phi) is 8.08. The molecular formula is C29H39N5O3Si. The molecule has 0 spiro atoms. The maximum absolute atomic E-state index is 6.47. The third kappa shape index (κ3) is 6.16. The number of ether oxygens (including phenoxy) is 2. The summed E-state index contributed by atoms with van der Waals surface area (Å²) in [5, 5.41) is 4.47. The Hall–Kier alpha value is -3.43. The molecule has 0 saturated carbocycles. The highest BCUT2D eigenvalue weighted by Gasteiger charge is 2.36. The van der Waals surface area contributed by atoms with Gasteiger partial charge in [0, 0.05) is 67.6 Å². The first-order valence-corrected chi connectivity index (χ1v) is 15.8. The van der Waals surface area contributed by atoms with Crippen LogP contribution in [0.5, 0.6) is 11.5 Å². The van der Waals surface area contributed by atoms with Crippen molar-refractivity contribution < 1.29 is 13.9 Å². The fourth-order valence-corrected chi connectivity index (χ4v) is 5.05. The smallest absolute Gasteiger partial charge is 0.191 e. The van der Waals surface area contributed by atoms with E-state index in [1.54, 1.807) is 18.9 Å². The summed E-state index contributed by atoms with van der Waals surface area (Å²) in [5.74, 6) is 2.27. The van der Waals surface area contributed by atoms with Crippen molar-refractivity contribution in [3.63, 3.8) is 0 Å². The first-order valence-electron chi connectivity index (χ1n) is 12.9. The van der Waals surface area contributed by atoms with Gasteiger partial charge in [-0.05, 0) is 42.8 Å². The van der Waals surface area contributed by atoms with Gasteiger partial charge in [-0.1, -0.05) is 20.8 Å². The summed E-state index contributed by atoms with van der Waals surface area (Å²) >= 11 is 0. The van der Waals surface area contributed by atoms with Crippen LogP contribution >= 0.6 is 0 Å². The zero-order valence-electron chi connectivity index (χ0n) is 23.8. The molecule has 0 aliphatic heterocycles. The van der Waals surface area contributed by atoms with Gasteiger partial charge in [0.15, 0.2) is 8.32 Å². The summed E-state index contributed by atoms with van der Waals surface area (Å²) in [4.78, 5) is 11.9. The Morgan fingerprint density at radius 3 is 2.24 bits per heavy atom. The van der Waals surface area contributed by atoms with Gasteiger partial charge in [-0.15, -0.1) is 0 Å². The van der Waals surface area contributed by atoms with E-state index in [-0.39, 0.29) is 5.04 Å². The van der Waals surface area contributed by atoms with Crippen molar-refractivity contribution in [1.82, 2.24) is 19.7 Å². The van der Waals surface area contributed by atoms with E-state index in [4.69, 9.17) is 18.9 Å². The fourth-order valence-electron chi connectivity index (χ4n) is 3.96. The zero-order valence-corrected chi connectivity index (χ0v) is 24.8. The van der Waals surface area contributed by atoms with Crippen LogP contribution in [0.1, 0.15) is 27.2 Å². The molecule has 0 unspecified atom stereocenters. The van der Waals surface area contributed by atoms with Crippen molar-refractivity contribution in [1.29, 1.82) is 0 Å². The van der Waals surface area contributed by atoms with Gasteiger partial charge in [-0.2, -0.15) is 5.10 Å². The van der Waals surface area contributed by atoms with E-state index in [9.17, 15) is 0 Å². The van der Waals surface area contributed by atoms with Gasteiger partial charge >= 0.3 is 0 Å². The zero-order chi connectivity index (χ0) is 27.5. The van der Waals surface area contributed by atoms with Crippen LogP contribution in [-0.2, 0) is 11.5 Å². The van der Waals surface area contributed by atoms with Crippen molar-refractivity contribution in [3.05, 3.63) is 55.0 Å². The number of hydrogen-bond donors (Lipinski definition) is 0. The SMILES string of the molecule is COc1cc(OC)cc(N(CCCO[Si](C)(C)C(C)(C)C)c2ccc3ncc(-c4cnn(C)c4)cc3n2)c1. The van der Waals surface area contributed by atoms with Gasteiger partial charge < -0.3 is 18.8 Å². The van der Waals surface area contributed by atoms with Gasteiger partial charge in [0.2, 0.25) is 0 Å². The Bertz CT molecular complexity index is 1370. The number of benzene rings is 1. The topological polar surface area (TPSA) is 74.5 Å². The number of anilines is 2. The monoisotopic (exact) mass is 533 g/mol. The minimum Gasteiger partial charge on any atom is -0.497 e. The molecule has 0 saturated heterocycles. The molecule has 9 heteroatoms. The average Bonchev–Trinajstić information content (AvgIpc) is 3.33. The van der Waals surface area contributed by atoms with E-state index < -0.39 is 8.32 Å². The van der Waals surface area contributed by atoms with Gasteiger partial charge in [0.05, 0.1) is 31.4 Å². The number of pyridine rings is 2. The van der Waals surface area contributed by atoms with Crippen LogP contribution in [0.15, 0.2) is 55.0 Å². The van der Waals surface area contributed by atoms with E-state index in [2.05, 4.69) is 54.9 Å². The molecule has 202 valence electrons. The average molecular weight is 534 g/mol. The van der Waals surface area contributed by atoms with Crippen LogP contribution in [0.3, 0.4) is 0 Å². The van der Waals surface area contributed by atoms with Crippen molar-refractivity contribution in [2.75, 3.05) is 32.3 Å². The van der Waals surface area contributed by atoms with Gasteiger partial charge in [-0.25, -0.2) is 4.98 Å². The van der Waals surface area contributed by atoms with Crippen molar-refractivity contribution >= 4 is 30.9 Å². The summed E-state index contributed by atoms with van der Waals surface area (Å²) in [7, 11) is 3.40. The number of rotatable bonds is 10. The Morgan fingerprint density at radius 1 is 0.921 bits per heavy atom. The van der Waals surface area contributed by atoms with Crippen molar-refractivity contribution in [3.8, 4) is 22.6 Å². The molecule has 0 radical (unpaired) electrons. The summed E-state index contributed by atoms with van der Waals surface area (Å²) < 4.78 is 19.4. The first-order chi connectivity index (χ1) is 18.0. The number of methoxy groups -OCH3 is 2. The molecule has 4 rings (SSSR count). The van der Waals surface area contributed by atoms with Crippen LogP contribution in [-0.4, -0.2) is 55.4 Å². The van der Waals surface area contributed by atoms with Crippen molar-refractivity contribution in [2.45, 2.75) is 45.3 Å². The molecule has 0 fully saturated rings. The predicted molar refractivity (Wildman–Crippen MR) is 156 cm³/mol. The molecule has 3 aromatic heterocycles. The summed E-state index contributed by atoms with van der Waals surface area (Å²) in [6, 6.07) is 12.0. The second kappa shape index (κ2) is 11.1. The van der Waals surface area contributed by atoms with Gasteiger partial charge in [-0.3, -0.25) is 9.67 Å². The second-order valence-corrected chi connectivity index (χ2v) is 15.8. The maximum atomic E-state index is 6.47. The lowest BCUT2D eigenvalue weighted by Gasteiger charge is -2.36. The highest BCUT2D eigenvalue weighted by Crippen LogP contribution is 2.37. The van der Waals surface area contributed by atoms with Crippen LogP contribution in [0.4, 0.5) is 11.5 Å². The summed E-state index contributed by atoms with van der Waals surface area (Å²) in [5.41, 5.74) is 4.59. The fraction of sp³-hybridized carbons (Fsp3) is 0.414. The van der Waals surface area contributed by atoms with E-state index in [1.165, 1.54) is 0 Å². The quantitative estimate of drug-likeness (QED) is 0.168. The lowest BCUT2D eigenvalue weighted by Crippen LogP contribution is -2.41. The third-order valence-electron chi connectivity index (χ3n) is 7.28. The van der Waals surface area contributed by atoms with Crippen molar-refractivity contribution in [2.24, 2.45) is 7.05 Å². The van der Waals surface area contributed by atoms with E-state index in [0.717, 1.165) is 58.1 Å². The molecular weight excluding hydrogens is 494 g/mol. The van der Waals surface area contributed by atoms with E-state index in [1.807, 2.05) is 56.0 Å². The summed E-state index contributed by atoms with van der Waals surface area (Å²) in [6.07, 6.45) is 6.52. The number of nitrogens with zero attached hydrogens (tertiary/aromatic N) is 5. The molecule has 0 aliphatic rings. The Labute approximate surface area is 226 Å². The molecule has 0 bridgehead atoms. The predicted octanol–water partition coefficient (Wildman–Crippen LogP) is 6.60. The van der Waals surface area contributed by atoms with E-state index >= 15 is 0 Å². The van der Waals surface area contributed by atoms with Gasteiger partial charge in [0.25, 0.3) is 0 Å². The summed E-state index contributed by atoms with van der Waals surface area (Å²) in [6.45, 7) is 12.8. The second-order valence-electron chi connectivity index (χ2n) is 11.0. The molecule has 8 nitrogen and oxygen atoms in total. The lowest BCUT2D eigenvalue weighted by atomic mass is 10.1. The molecule has 4 aromatic rings.